The average molecular weight is 252 g/mol. The number of anilines is 1. The van der Waals surface area contributed by atoms with E-state index < -0.39 is 5.97 Å². The van der Waals surface area contributed by atoms with Crippen LogP contribution in [0.15, 0.2) is 18.2 Å². The minimum atomic E-state index is -0.841. The minimum absolute atomic E-state index is 0.0492. The van der Waals surface area contributed by atoms with Crippen molar-refractivity contribution in [1.82, 2.24) is 0 Å². The van der Waals surface area contributed by atoms with Crippen LogP contribution in [0.1, 0.15) is 12.0 Å². The topological polar surface area (TPSA) is 40.5 Å². The van der Waals surface area contributed by atoms with Gasteiger partial charge >= 0.3 is 5.97 Å². The van der Waals surface area contributed by atoms with E-state index in [1.54, 1.807) is 6.07 Å². The quantitative estimate of drug-likeness (QED) is 0.818. The third-order valence-electron chi connectivity index (χ3n) is 2.46. The first kappa shape index (κ1) is 13.4. The Labute approximate surface area is 106 Å². The Balaban J connectivity index is 2.93. The van der Waals surface area contributed by atoms with Gasteiger partial charge in [0, 0.05) is 17.3 Å². The van der Waals surface area contributed by atoms with Crippen molar-refractivity contribution < 1.29 is 9.90 Å². The minimum Gasteiger partial charge on any atom is -0.481 e. The van der Waals surface area contributed by atoms with Crippen LogP contribution < -0.4 is 4.90 Å². The summed E-state index contributed by atoms with van der Waals surface area (Å²) in [6.07, 6.45) is 5.34. The Morgan fingerprint density at radius 3 is 2.88 bits per heavy atom. The number of benzene rings is 1. The van der Waals surface area contributed by atoms with Gasteiger partial charge in [0.05, 0.1) is 13.0 Å². The third-order valence-corrected chi connectivity index (χ3v) is 2.87. The molecule has 0 saturated heterocycles. The van der Waals surface area contributed by atoms with Crippen LogP contribution in [0.25, 0.3) is 0 Å². The molecule has 1 aromatic carbocycles. The van der Waals surface area contributed by atoms with Gasteiger partial charge in [0.25, 0.3) is 0 Å². The van der Waals surface area contributed by atoms with Gasteiger partial charge in [-0.1, -0.05) is 23.6 Å². The van der Waals surface area contributed by atoms with E-state index in [4.69, 9.17) is 23.1 Å². The van der Waals surface area contributed by atoms with Crippen LogP contribution >= 0.6 is 11.6 Å². The molecule has 0 atom stereocenters. The molecule has 0 radical (unpaired) electrons. The number of carboxylic acids is 1. The first-order chi connectivity index (χ1) is 8.06. The third kappa shape index (κ3) is 3.69. The van der Waals surface area contributed by atoms with Crippen LogP contribution in [-0.4, -0.2) is 24.2 Å². The number of aliphatic carboxylic acids is 1. The smallest absolute Gasteiger partial charge is 0.305 e. The molecule has 0 amide bonds. The Hall–Kier alpha value is -1.66. The fourth-order valence-electron chi connectivity index (χ4n) is 1.56. The maximum absolute atomic E-state index is 10.6. The van der Waals surface area contributed by atoms with Gasteiger partial charge < -0.3 is 10.0 Å². The molecule has 0 saturated carbocycles. The van der Waals surface area contributed by atoms with E-state index in [0.29, 0.717) is 18.1 Å². The average Bonchev–Trinajstić information content (AvgIpc) is 2.28. The van der Waals surface area contributed by atoms with Gasteiger partial charge in [-0.25, -0.2) is 0 Å². The summed E-state index contributed by atoms with van der Waals surface area (Å²) < 4.78 is 0. The van der Waals surface area contributed by atoms with Crippen LogP contribution in [0.5, 0.6) is 0 Å². The predicted octanol–water partition coefficient (Wildman–Crippen LogP) is 2.56. The summed E-state index contributed by atoms with van der Waals surface area (Å²) in [6.45, 7) is 2.64. The molecule has 17 heavy (non-hydrogen) atoms. The first-order valence-corrected chi connectivity index (χ1v) is 5.59. The highest BCUT2D eigenvalue weighted by Crippen LogP contribution is 2.26. The normalized spacial score (nSPS) is 9.71. The second kappa shape index (κ2) is 6.17. The summed E-state index contributed by atoms with van der Waals surface area (Å²) >= 11 is 6.03. The maximum Gasteiger partial charge on any atom is 0.305 e. The van der Waals surface area contributed by atoms with Crippen molar-refractivity contribution in [2.75, 3.05) is 18.0 Å². The highest BCUT2D eigenvalue weighted by molar-refractivity contribution is 6.31. The zero-order chi connectivity index (χ0) is 12.8. The van der Waals surface area contributed by atoms with Gasteiger partial charge in [0.15, 0.2) is 0 Å². The highest BCUT2D eigenvalue weighted by atomic mass is 35.5. The molecule has 1 aromatic rings. The molecule has 0 bridgehead atoms. The van der Waals surface area contributed by atoms with E-state index in [-0.39, 0.29) is 6.42 Å². The molecule has 0 aliphatic heterocycles. The number of halogens is 1. The van der Waals surface area contributed by atoms with Gasteiger partial charge in [0.2, 0.25) is 0 Å². The number of carboxylic acid groups (broad SMARTS) is 1. The number of rotatable bonds is 5. The van der Waals surface area contributed by atoms with Crippen molar-refractivity contribution >= 4 is 23.3 Å². The standard InChI is InChI=1S/C13H14ClNO2/c1-3-8-15(9-7-13(16)17)12-6-4-5-11(14)10(12)2/h1,4-6H,7-9H2,2H3,(H,16,17). The van der Waals surface area contributed by atoms with E-state index in [0.717, 1.165) is 11.3 Å². The number of nitrogens with zero attached hydrogens (tertiary/aromatic N) is 1. The van der Waals surface area contributed by atoms with Crippen LogP contribution in [-0.2, 0) is 4.79 Å². The van der Waals surface area contributed by atoms with Gasteiger partial charge in [0.1, 0.15) is 0 Å². The van der Waals surface area contributed by atoms with Gasteiger partial charge in [-0.3, -0.25) is 4.79 Å². The van der Waals surface area contributed by atoms with Crippen LogP contribution in [0.4, 0.5) is 5.69 Å². The molecule has 90 valence electrons. The summed E-state index contributed by atoms with van der Waals surface area (Å²) in [7, 11) is 0. The summed E-state index contributed by atoms with van der Waals surface area (Å²) in [5.41, 5.74) is 1.80. The fourth-order valence-corrected chi connectivity index (χ4v) is 1.73. The predicted molar refractivity (Wildman–Crippen MR) is 69.5 cm³/mol. The number of terminal acetylenes is 1. The van der Waals surface area contributed by atoms with Crippen molar-refractivity contribution in [2.45, 2.75) is 13.3 Å². The van der Waals surface area contributed by atoms with Gasteiger partial charge in [-0.15, -0.1) is 6.42 Å². The van der Waals surface area contributed by atoms with E-state index >= 15 is 0 Å². The van der Waals surface area contributed by atoms with Crippen LogP contribution in [0.3, 0.4) is 0 Å². The Morgan fingerprint density at radius 2 is 2.29 bits per heavy atom. The van der Waals surface area contributed by atoms with Crippen LogP contribution in [0.2, 0.25) is 5.02 Å². The molecule has 4 heteroatoms. The molecule has 0 aliphatic carbocycles. The second-order valence-electron chi connectivity index (χ2n) is 3.65. The van der Waals surface area contributed by atoms with Crippen LogP contribution in [0, 0.1) is 19.3 Å². The summed E-state index contributed by atoms with van der Waals surface area (Å²) in [6, 6.07) is 5.51. The van der Waals surface area contributed by atoms with Crippen molar-refractivity contribution in [3.05, 3.63) is 28.8 Å². The lowest BCUT2D eigenvalue weighted by molar-refractivity contribution is -0.136. The largest absolute Gasteiger partial charge is 0.481 e. The number of hydrogen-bond donors (Lipinski definition) is 1. The Bertz CT molecular complexity index is 451. The van der Waals surface area contributed by atoms with Gasteiger partial charge in [-0.2, -0.15) is 0 Å². The second-order valence-corrected chi connectivity index (χ2v) is 4.06. The monoisotopic (exact) mass is 251 g/mol. The molecular weight excluding hydrogens is 238 g/mol. The summed E-state index contributed by atoms with van der Waals surface area (Å²) in [5.74, 6) is 1.69. The van der Waals surface area contributed by atoms with E-state index in [2.05, 4.69) is 5.92 Å². The van der Waals surface area contributed by atoms with Crippen molar-refractivity contribution in [1.29, 1.82) is 0 Å². The molecule has 0 heterocycles. The SMILES string of the molecule is C#CCN(CCC(=O)O)c1cccc(Cl)c1C. The van der Waals surface area contributed by atoms with Crippen molar-refractivity contribution in [2.24, 2.45) is 0 Å². The van der Waals surface area contributed by atoms with Gasteiger partial charge in [-0.05, 0) is 24.6 Å². The molecule has 0 unspecified atom stereocenters. The molecule has 0 fully saturated rings. The molecule has 0 aromatic heterocycles. The molecule has 0 spiro atoms. The lowest BCUT2D eigenvalue weighted by atomic mass is 10.1. The first-order valence-electron chi connectivity index (χ1n) is 5.21. The summed E-state index contributed by atoms with van der Waals surface area (Å²) in [4.78, 5) is 12.4. The number of hydrogen-bond acceptors (Lipinski definition) is 2. The fraction of sp³-hybridized carbons (Fsp3) is 0.308. The molecule has 0 aliphatic rings. The Kier molecular flexibility index (Phi) is 4.86. The van der Waals surface area contributed by atoms with E-state index in [9.17, 15) is 4.79 Å². The molecular formula is C13H14ClNO2. The lowest BCUT2D eigenvalue weighted by Crippen LogP contribution is -2.27. The lowest BCUT2D eigenvalue weighted by Gasteiger charge is -2.24. The molecule has 3 nitrogen and oxygen atoms in total. The molecule has 1 rings (SSSR count). The van der Waals surface area contributed by atoms with Crippen molar-refractivity contribution in [3.63, 3.8) is 0 Å². The summed E-state index contributed by atoms with van der Waals surface area (Å²) in [5, 5.41) is 9.35. The highest BCUT2D eigenvalue weighted by Gasteiger charge is 2.11. The zero-order valence-corrected chi connectivity index (χ0v) is 10.4. The maximum atomic E-state index is 10.6. The van der Waals surface area contributed by atoms with Crippen molar-refractivity contribution in [3.8, 4) is 12.3 Å². The Morgan fingerprint density at radius 1 is 1.59 bits per heavy atom. The molecule has 1 N–H and O–H groups in total. The van der Waals surface area contributed by atoms with E-state index in [1.165, 1.54) is 0 Å². The zero-order valence-electron chi connectivity index (χ0n) is 9.61. The van der Waals surface area contributed by atoms with E-state index in [1.807, 2.05) is 24.0 Å². The number of carbonyl (C=O) groups is 1.